The molecule has 0 radical (unpaired) electrons. The molecule has 0 N–H and O–H groups in total. The summed E-state index contributed by atoms with van der Waals surface area (Å²) >= 11 is 2.42. The third-order valence-corrected chi connectivity index (χ3v) is 5.95. The van der Waals surface area contributed by atoms with Crippen molar-refractivity contribution in [3.8, 4) is 0 Å². The number of halogens is 1. The standard InChI is InChI=1S/C24H24IN3/c25-24-18-23(27-16-8-3-9-17-27)15-14-20(24)19-26-28(21-10-4-1-5-11-21)22-12-6-2-7-13-22/h1-2,4-7,10-15,18-19H,3,8-9,16-17H2/b26-19+. The van der Waals surface area contributed by atoms with Gasteiger partial charge in [-0.25, -0.2) is 5.01 Å². The Morgan fingerprint density at radius 3 is 1.96 bits per heavy atom. The van der Waals surface area contributed by atoms with Crippen LogP contribution >= 0.6 is 22.6 Å². The maximum Gasteiger partial charge on any atom is 0.0652 e. The average Bonchev–Trinajstić information content (AvgIpc) is 2.77. The van der Waals surface area contributed by atoms with Crippen LogP contribution in [0.4, 0.5) is 17.1 Å². The normalized spacial score (nSPS) is 14.4. The van der Waals surface area contributed by atoms with Crippen LogP contribution < -0.4 is 9.91 Å². The zero-order valence-electron chi connectivity index (χ0n) is 15.8. The topological polar surface area (TPSA) is 18.8 Å². The Morgan fingerprint density at radius 1 is 0.786 bits per heavy atom. The van der Waals surface area contributed by atoms with Crippen molar-refractivity contribution in [2.24, 2.45) is 5.10 Å². The summed E-state index contributed by atoms with van der Waals surface area (Å²) in [5, 5.41) is 6.81. The van der Waals surface area contributed by atoms with Gasteiger partial charge in [-0.1, -0.05) is 42.5 Å². The number of para-hydroxylation sites is 2. The van der Waals surface area contributed by atoms with Gasteiger partial charge in [0.05, 0.1) is 17.6 Å². The maximum absolute atomic E-state index is 4.83. The molecule has 142 valence electrons. The lowest BCUT2D eigenvalue weighted by Crippen LogP contribution is -2.29. The molecular weight excluding hydrogens is 457 g/mol. The van der Waals surface area contributed by atoms with Crippen LogP contribution in [0.5, 0.6) is 0 Å². The molecule has 3 aromatic rings. The van der Waals surface area contributed by atoms with Gasteiger partial charge in [-0.05, 0) is 78.3 Å². The fourth-order valence-corrected chi connectivity index (χ4v) is 4.15. The number of rotatable bonds is 5. The molecule has 1 heterocycles. The molecule has 3 aromatic carbocycles. The number of anilines is 3. The van der Waals surface area contributed by atoms with Gasteiger partial charge in [0.1, 0.15) is 0 Å². The van der Waals surface area contributed by atoms with E-state index < -0.39 is 0 Å². The Labute approximate surface area is 180 Å². The molecule has 1 saturated heterocycles. The van der Waals surface area contributed by atoms with Crippen LogP contribution in [0.2, 0.25) is 0 Å². The Hall–Kier alpha value is -2.34. The van der Waals surface area contributed by atoms with E-state index in [2.05, 4.69) is 70.0 Å². The van der Waals surface area contributed by atoms with Crippen molar-refractivity contribution in [3.63, 3.8) is 0 Å². The highest BCUT2D eigenvalue weighted by Crippen LogP contribution is 2.26. The fourth-order valence-electron chi connectivity index (χ4n) is 3.51. The number of hydrogen-bond acceptors (Lipinski definition) is 3. The predicted octanol–water partition coefficient (Wildman–Crippen LogP) is 6.45. The van der Waals surface area contributed by atoms with Crippen LogP contribution in [0.25, 0.3) is 0 Å². The number of piperidine rings is 1. The predicted molar refractivity (Wildman–Crippen MR) is 128 cm³/mol. The van der Waals surface area contributed by atoms with E-state index in [1.807, 2.05) is 47.6 Å². The van der Waals surface area contributed by atoms with Crippen LogP contribution in [0.1, 0.15) is 24.8 Å². The summed E-state index contributed by atoms with van der Waals surface area (Å²) in [5.41, 5.74) is 4.55. The van der Waals surface area contributed by atoms with Gasteiger partial charge >= 0.3 is 0 Å². The van der Waals surface area contributed by atoms with E-state index in [1.54, 1.807) is 0 Å². The summed E-state index contributed by atoms with van der Waals surface area (Å²) in [6.45, 7) is 2.33. The SMILES string of the molecule is Ic1cc(N2CCCCC2)ccc1/C=N/N(c1ccccc1)c1ccccc1. The average molecular weight is 481 g/mol. The second-order valence-corrected chi connectivity index (χ2v) is 8.14. The fraction of sp³-hybridized carbons (Fsp3) is 0.208. The molecule has 28 heavy (non-hydrogen) atoms. The summed E-state index contributed by atoms with van der Waals surface area (Å²) in [7, 11) is 0. The molecule has 0 amide bonds. The van der Waals surface area contributed by atoms with E-state index in [-0.39, 0.29) is 0 Å². The second kappa shape index (κ2) is 9.24. The van der Waals surface area contributed by atoms with E-state index in [9.17, 15) is 0 Å². The molecule has 0 spiro atoms. The minimum atomic E-state index is 1.05. The number of benzene rings is 3. The zero-order valence-corrected chi connectivity index (χ0v) is 18.0. The van der Waals surface area contributed by atoms with Crippen molar-refractivity contribution in [2.45, 2.75) is 19.3 Å². The Kier molecular flexibility index (Phi) is 6.27. The Bertz CT molecular complexity index is 880. The molecular formula is C24H24IN3. The first-order chi connectivity index (χ1) is 13.8. The van der Waals surface area contributed by atoms with E-state index in [1.165, 1.54) is 41.6 Å². The van der Waals surface area contributed by atoms with Crippen LogP contribution in [0.15, 0.2) is 84.0 Å². The van der Waals surface area contributed by atoms with Gasteiger partial charge in [-0.3, -0.25) is 0 Å². The highest BCUT2D eigenvalue weighted by molar-refractivity contribution is 14.1. The lowest BCUT2D eigenvalue weighted by atomic mass is 10.1. The molecule has 0 atom stereocenters. The van der Waals surface area contributed by atoms with Crippen LogP contribution in [-0.2, 0) is 0 Å². The third kappa shape index (κ3) is 4.55. The summed E-state index contributed by atoms with van der Waals surface area (Å²) in [5.74, 6) is 0. The van der Waals surface area contributed by atoms with Crippen molar-refractivity contribution < 1.29 is 0 Å². The van der Waals surface area contributed by atoms with Crippen LogP contribution in [-0.4, -0.2) is 19.3 Å². The molecule has 4 rings (SSSR count). The molecule has 4 heteroatoms. The summed E-state index contributed by atoms with van der Waals surface area (Å²) in [4.78, 5) is 2.49. The van der Waals surface area contributed by atoms with Gasteiger partial charge in [-0.15, -0.1) is 0 Å². The number of nitrogens with zero attached hydrogens (tertiary/aromatic N) is 3. The Balaban J connectivity index is 1.60. The number of hydrazone groups is 1. The first-order valence-corrected chi connectivity index (χ1v) is 10.9. The molecule has 0 aromatic heterocycles. The lowest BCUT2D eigenvalue weighted by molar-refractivity contribution is 0.578. The van der Waals surface area contributed by atoms with Crippen LogP contribution in [0.3, 0.4) is 0 Å². The van der Waals surface area contributed by atoms with Gasteiger partial charge in [0, 0.05) is 27.9 Å². The lowest BCUT2D eigenvalue weighted by Gasteiger charge is -2.29. The van der Waals surface area contributed by atoms with Crippen molar-refractivity contribution >= 4 is 45.9 Å². The highest BCUT2D eigenvalue weighted by Gasteiger charge is 2.12. The minimum Gasteiger partial charge on any atom is -0.372 e. The number of hydrogen-bond donors (Lipinski definition) is 0. The van der Waals surface area contributed by atoms with E-state index in [0.29, 0.717) is 0 Å². The largest absolute Gasteiger partial charge is 0.372 e. The first-order valence-electron chi connectivity index (χ1n) is 9.80. The van der Waals surface area contributed by atoms with Crippen molar-refractivity contribution in [1.82, 2.24) is 0 Å². The molecule has 0 bridgehead atoms. The van der Waals surface area contributed by atoms with E-state index >= 15 is 0 Å². The van der Waals surface area contributed by atoms with Crippen molar-refractivity contribution in [1.29, 1.82) is 0 Å². The molecule has 3 nitrogen and oxygen atoms in total. The molecule has 0 unspecified atom stereocenters. The Morgan fingerprint density at radius 2 is 1.39 bits per heavy atom. The van der Waals surface area contributed by atoms with Gasteiger partial charge in [0.2, 0.25) is 0 Å². The van der Waals surface area contributed by atoms with Gasteiger partial charge in [-0.2, -0.15) is 5.10 Å². The van der Waals surface area contributed by atoms with Crippen molar-refractivity contribution in [3.05, 3.63) is 88.0 Å². The quantitative estimate of drug-likeness (QED) is 0.237. The molecule has 1 aliphatic heterocycles. The van der Waals surface area contributed by atoms with Gasteiger partial charge in [0.25, 0.3) is 0 Å². The highest BCUT2D eigenvalue weighted by atomic mass is 127. The van der Waals surface area contributed by atoms with Crippen molar-refractivity contribution in [2.75, 3.05) is 23.0 Å². The van der Waals surface area contributed by atoms with Crippen LogP contribution in [0, 0.1) is 3.57 Å². The van der Waals surface area contributed by atoms with Gasteiger partial charge < -0.3 is 4.90 Å². The summed E-state index contributed by atoms with van der Waals surface area (Å²) in [6, 6.07) is 27.2. The van der Waals surface area contributed by atoms with Gasteiger partial charge in [0.15, 0.2) is 0 Å². The second-order valence-electron chi connectivity index (χ2n) is 6.98. The molecule has 1 fully saturated rings. The summed E-state index contributed by atoms with van der Waals surface area (Å²) < 4.78 is 1.23. The zero-order chi connectivity index (χ0) is 19.2. The molecule has 0 saturated carbocycles. The molecule has 0 aliphatic carbocycles. The monoisotopic (exact) mass is 481 g/mol. The maximum atomic E-state index is 4.83. The van der Waals surface area contributed by atoms with E-state index in [4.69, 9.17) is 5.10 Å². The molecule has 1 aliphatic rings. The minimum absolute atomic E-state index is 1.05. The first kappa shape index (κ1) is 19.0. The smallest absolute Gasteiger partial charge is 0.0652 e. The third-order valence-electron chi connectivity index (χ3n) is 5.02. The van der Waals surface area contributed by atoms with E-state index in [0.717, 1.165) is 16.9 Å². The summed E-state index contributed by atoms with van der Waals surface area (Å²) in [6.07, 6.45) is 5.90.